The van der Waals surface area contributed by atoms with Crippen LogP contribution in [0.3, 0.4) is 0 Å². The molecule has 0 fully saturated rings. The predicted octanol–water partition coefficient (Wildman–Crippen LogP) is 6.53. The zero-order chi connectivity index (χ0) is 25.2. The maximum Gasteiger partial charge on any atom is 0.322 e. The molecule has 0 aliphatic rings. The maximum atomic E-state index is 11.0. The number of aliphatic carboxylic acids is 1. The Labute approximate surface area is 196 Å². The van der Waals surface area contributed by atoms with Gasteiger partial charge in [0.2, 0.25) is 5.91 Å². The Morgan fingerprint density at radius 1 is 0.867 bits per heavy atom. The molecular formula is C22H53NO5S2. The Hall–Kier alpha value is -0.440. The van der Waals surface area contributed by atoms with E-state index in [2.05, 4.69) is 26.1 Å². The molecule has 0 bridgehead atoms. The van der Waals surface area contributed by atoms with Crippen LogP contribution in [-0.2, 0) is 19.1 Å². The van der Waals surface area contributed by atoms with Crippen LogP contribution >= 0.6 is 21.6 Å². The number of ether oxygens (including phenoxy) is 2. The van der Waals surface area contributed by atoms with Crippen molar-refractivity contribution in [1.82, 2.24) is 5.32 Å². The molecule has 0 rings (SSSR count). The Bertz CT molecular complexity index is 282. The first-order valence-electron chi connectivity index (χ1n) is 11.4. The van der Waals surface area contributed by atoms with E-state index in [1.165, 1.54) is 5.75 Å². The molecule has 0 aromatic rings. The summed E-state index contributed by atoms with van der Waals surface area (Å²) >= 11 is 0. The smallest absolute Gasteiger partial charge is 0.322 e. The molecule has 0 saturated carbocycles. The van der Waals surface area contributed by atoms with Crippen molar-refractivity contribution in [2.24, 2.45) is 0 Å². The van der Waals surface area contributed by atoms with Crippen molar-refractivity contribution in [1.29, 1.82) is 0 Å². The van der Waals surface area contributed by atoms with Crippen LogP contribution in [-0.4, -0.2) is 61.0 Å². The van der Waals surface area contributed by atoms with Gasteiger partial charge in [-0.15, -0.1) is 0 Å². The van der Waals surface area contributed by atoms with Crippen LogP contribution in [0.15, 0.2) is 0 Å². The van der Waals surface area contributed by atoms with Gasteiger partial charge in [0.15, 0.2) is 0 Å². The second-order valence-corrected chi connectivity index (χ2v) is 7.51. The molecule has 0 saturated heterocycles. The minimum Gasteiger partial charge on any atom is -0.480 e. The summed E-state index contributed by atoms with van der Waals surface area (Å²) in [5, 5.41) is 11.3. The molecule has 8 heteroatoms. The highest BCUT2D eigenvalue weighted by molar-refractivity contribution is 8.76. The maximum absolute atomic E-state index is 11.0. The molecule has 2 N–H and O–H groups in total. The number of nitrogens with one attached hydrogen (secondary N) is 1. The van der Waals surface area contributed by atoms with E-state index in [9.17, 15) is 9.59 Å². The van der Waals surface area contributed by atoms with Gasteiger partial charge in [-0.05, 0) is 6.92 Å². The number of hydrogen-bond donors (Lipinski definition) is 2. The molecule has 1 amide bonds. The van der Waals surface area contributed by atoms with E-state index >= 15 is 0 Å². The molecule has 0 aromatic heterocycles. The first-order chi connectivity index (χ1) is 14.4. The predicted molar refractivity (Wildman–Crippen MR) is 139 cm³/mol. The molecule has 0 aromatic carbocycles. The zero-order valence-corrected chi connectivity index (χ0v) is 23.6. The molecule has 0 unspecified atom stereocenters. The van der Waals surface area contributed by atoms with Gasteiger partial charge >= 0.3 is 5.97 Å². The number of carboxylic acids is 1. The van der Waals surface area contributed by atoms with Crippen LogP contribution in [0.2, 0.25) is 0 Å². The summed E-state index contributed by atoms with van der Waals surface area (Å²) < 4.78 is 10.1. The summed E-state index contributed by atoms with van der Waals surface area (Å²) in [7, 11) is 3.88. The molecule has 0 heterocycles. The normalized spacial score (nSPS) is 8.17. The highest BCUT2D eigenvalue weighted by atomic mass is 33.1. The fourth-order valence-electron chi connectivity index (χ4n) is 0.996. The highest BCUT2D eigenvalue weighted by Gasteiger charge is 2.02. The van der Waals surface area contributed by atoms with Crippen LogP contribution < -0.4 is 5.32 Å². The Kier molecular flexibility index (Phi) is 74.3. The summed E-state index contributed by atoms with van der Waals surface area (Å²) in [5.74, 6) is -0.155. The SMILES string of the molecule is CC.CC.CC.CC.CCOCCOCCC(=O)NCC(=O)O.CCSSC(C)C. The van der Waals surface area contributed by atoms with Gasteiger partial charge in [-0.3, -0.25) is 9.59 Å². The summed E-state index contributed by atoms with van der Waals surface area (Å²) in [6.45, 7) is 26.0. The number of rotatable bonds is 12. The number of carboxylic acid groups (broad SMARTS) is 1. The number of carbonyl (C=O) groups excluding carboxylic acids is 1. The molecule has 30 heavy (non-hydrogen) atoms. The zero-order valence-electron chi connectivity index (χ0n) is 21.9. The second kappa shape index (κ2) is 51.3. The van der Waals surface area contributed by atoms with Gasteiger partial charge in [0.05, 0.1) is 19.8 Å². The number of hydrogen-bond acceptors (Lipinski definition) is 6. The van der Waals surface area contributed by atoms with E-state index in [-0.39, 0.29) is 25.5 Å². The van der Waals surface area contributed by atoms with Crippen LogP contribution in [0, 0.1) is 0 Å². The number of amides is 1. The van der Waals surface area contributed by atoms with Gasteiger partial charge in [-0.25, -0.2) is 0 Å². The van der Waals surface area contributed by atoms with Crippen molar-refractivity contribution in [3.05, 3.63) is 0 Å². The van der Waals surface area contributed by atoms with Gasteiger partial charge in [0.25, 0.3) is 0 Å². The number of carbonyl (C=O) groups is 2. The van der Waals surface area contributed by atoms with Crippen molar-refractivity contribution in [2.75, 3.05) is 38.7 Å². The molecular weight excluding hydrogens is 422 g/mol. The Morgan fingerprint density at radius 2 is 1.33 bits per heavy atom. The van der Waals surface area contributed by atoms with E-state index in [0.717, 1.165) is 5.25 Å². The van der Waals surface area contributed by atoms with Gasteiger partial charge in [-0.1, -0.05) is 97.7 Å². The van der Waals surface area contributed by atoms with E-state index in [1.54, 1.807) is 0 Å². The lowest BCUT2D eigenvalue weighted by molar-refractivity contribution is -0.138. The van der Waals surface area contributed by atoms with Crippen LogP contribution in [0.1, 0.15) is 89.5 Å². The standard InChI is InChI=1S/C9H17NO5.C5H12S2.4C2H6/c1-2-14-5-6-15-4-3-8(11)10-7-9(12)13;1-4-6-7-5(2)3;4*1-2/h2-7H2,1H3,(H,10,11)(H,12,13);5H,4H2,1-3H3;4*1-2H3. The van der Waals surface area contributed by atoms with Crippen LogP contribution in [0.25, 0.3) is 0 Å². The van der Waals surface area contributed by atoms with Crippen molar-refractivity contribution in [2.45, 2.75) is 94.8 Å². The third-order valence-electron chi connectivity index (χ3n) is 1.86. The van der Waals surface area contributed by atoms with Crippen molar-refractivity contribution in [3.63, 3.8) is 0 Å². The van der Waals surface area contributed by atoms with Gasteiger partial charge in [0.1, 0.15) is 6.54 Å². The summed E-state index contributed by atoms with van der Waals surface area (Å²) in [6, 6.07) is 0. The summed E-state index contributed by atoms with van der Waals surface area (Å²) in [6.07, 6.45) is 0.166. The second-order valence-electron chi connectivity index (χ2n) is 4.28. The third-order valence-corrected chi connectivity index (χ3v) is 4.89. The summed E-state index contributed by atoms with van der Waals surface area (Å²) in [5.41, 5.74) is 0. The van der Waals surface area contributed by atoms with E-state index in [4.69, 9.17) is 14.6 Å². The lowest BCUT2D eigenvalue weighted by Crippen LogP contribution is -2.29. The average molecular weight is 476 g/mol. The fraction of sp³-hybridized carbons (Fsp3) is 0.909. The van der Waals surface area contributed by atoms with Crippen molar-refractivity contribution >= 4 is 33.5 Å². The highest BCUT2D eigenvalue weighted by Crippen LogP contribution is 2.24. The van der Waals surface area contributed by atoms with Crippen LogP contribution in [0.4, 0.5) is 0 Å². The van der Waals surface area contributed by atoms with E-state index in [1.807, 2.05) is 83.9 Å². The van der Waals surface area contributed by atoms with Gasteiger partial charge in [0, 0.05) is 24.0 Å². The molecule has 188 valence electrons. The molecule has 0 aliphatic carbocycles. The fourth-order valence-corrected chi connectivity index (χ4v) is 2.63. The van der Waals surface area contributed by atoms with Crippen LogP contribution in [0.5, 0.6) is 0 Å². The minimum absolute atomic E-state index is 0.166. The molecule has 0 spiro atoms. The molecule has 0 radical (unpaired) electrons. The lowest BCUT2D eigenvalue weighted by Gasteiger charge is -2.04. The quantitative estimate of drug-likeness (QED) is 0.245. The first-order valence-corrected chi connectivity index (χ1v) is 13.7. The first kappa shape index (κ1) is 43.4. The third kappa shape index (κ3) is 70.9. The largest absolute Gasteiger partial charge is 0.480 e. The molecule has 0 aliphatic heterocycles. The molecule has 0 atom stereocenters. The minimum atomic E-state index is -1.05. The topological polar surface area (TPSA) is 84.9 Å². The monoisotopic (exact) mass is 475 g/mol. The van der Waals surface area contributed by atoms with E-state index < -0.39 is 5.97 Å². The lowest BCUT2D eigenvalue weighted by atomic mass is 10.4. The Morgan fingerprint density at radius 3 is 1.67 bits per heavy atom. The van der Waals surface area contributed by atoms with E-state index in [0.29, 0.717) is 19.8 Å². The molecule has 6 nitrogen and oxygen atoms in total. The summed E-state index contributed by atoms with van der Waals surface area (Å²) in [4.78, 5) is 21.0. The Balaban J connectivity index is -0.0000000802. The van der Waals surface area contributed by atoms with Gasteiger partial charge < -0.3 is 19.9 Å². The average Bonchev–Trinajstić information content (AvgIpc) is 2.79. The van der Waals surface area contributed by atoms with Gasteiger partial charge in [-0.2, -0.15) is 0 Å². The van der Waals surface area contributed by atoms with Crippen molar-refractivity contribution < 1.29 is 24.2 Å². The van der Waals surface area contributed by atoms with Crippen molar-refractivity contribution in [3.8, 4) is 0 Å².